The second kappa shape index (κ2) is 6.03. The molecule has 0 saturated heterocycles. The minimum absolute atomic E-state index is 0.0441. The molecule has 0 saturated carbocycles. The zero-order valence-corrected chi connectivity index (χ0v) is 11.2. The third-order valence-electron chi connectivity index (χ3n) is 1.96. The quantitative estimate of drug-likeness (QED) is 0.899. The van der Waals surface area contributed by atoms with Gasteiger partial charge in [-0.2, -0.15) is 0 Å². The van der Waals surface area contributed by atoms with E-state index in [-0.39, 0.29) is 18.1 Å². The van der Waals surface area contributed by atoms with Crippen molar-refractivity contribution in [3.63, 3.8) is 0 Å². The summed E-state index contributed by atoms with van der Waals surface area (Å²) in [6.45, 7) is 6.18. The van der Waals surface area contributed by atoms with Gasteiger partial charge in [-0.1, -0.05) is 29.8 Å². The molecule has 4 heteroatoms. The summed E-state index contributed by atoms with van der Waals surface area (Å²) in [5.41, 5.74) is 0.655. The fraction of sp³-hybridized carbons (Fsp3) is 0.462. The molecule has 0 fully saturated rings. The molecule has 0 aliphatic carbocycles. The van der Waals surface area contributed by atoms with Crippen molar-refractivity contribution in [3.05, 3.63) is 34.9 Å². The highest BCUT2D eigenvalue weighted by atomic mass is 35.5. The maximum atomic E-state index is 11.5. The molecule has 3 nitrogen and oxygen atoms in total. The zero-order valence-electron chi connectivity index (χ0n) is 10.4. The van der Waals surface area contributed by atoms with E-state index in [1.165, 1.54) is 0 Å². The molecule has 1 aromatic carbocycles. The second-order valence-electron chi connectivity index (χ2n) is 4.88. The molecule has 1 aromatic rings. The normalized spacial score (nSPS) is 11.3. The standard InChI is InChI=1S/C13H18ClNO2/c1-13(2,3)15-12(16)9-17-8-10-6-4-5-7-11(10)14/h4-7H,8-9H2,1-3H3,(H,15,16). The lowest BCUT2D eigenvalue weighted by atomic mass is 10.1. The maximum absolute atomic E-state index is 11.5. The Hall–Kier alpha value is -1.06. The molecule has 0 spiro atoms. The van der Waals surface area contributed by atoms with E-state index in [1.54, 1.807) is 6.07 Å². The molecule has 0 aliphatic heterocycles. The van der Waals surface area contributed by atoms with Gasteiger partial charge in [0.15, 0.2) is 0 Å². The third kappa shape index (κ3) is 5.71. The van der Waals surface area contributed by atoms with Crippen LogP contribution in [0.1, 0.15) is 26.3 Å². The smallest absolute Gasteiger partial charge is 0.246 e. The van der Waals surface area contributed by atoms with Crippen LogP contribution < -0.4 is 5.32 Å². The number of nitrogens with one attached hydrogen (secondary N) is 1. The zero-order chi connectivity index (χ0) is 12.9. The van der Waals surface area contributed by atoms with Gasteiger partial charge in [-0.3, -0.25) is 4.79 Å². The molecule has 1 amide bonds. The van der Waals surface area contributed by atoms with Crippen LogP contribution in [0.15, 0.2) is 24.3 Å². The molecule has 0 atom stereocenters. The van der Waals surface area contributed by atoms with Crippen molar-refractivity contribution in [1.82, 2.24) is 5.32 Å². The average molecular weight is 256 g/mol. The van der Waals surface area contributed by atoms with Gasteiger partial charge in [-0.15, -0.1) is 0 Å². The van der Waals surface area contributed by atoms with Crippen LogP contribution in [-0.4, -0.2) is 18.1 Å². The lowest BCUT2D eigenvalue weighted by Gasteiger charge is -2.20. The van der Waals surface area contributed by atoms with Crippen molar-refractivity contribution < 1.29 is 9.53 Å². The van der Waals surface area contributed by atoms with Crippen LogP contribution in [-0.2, 0) is 16.1 Å². The first-order chi connectivity index (χ1) is 7.88. The second-order valence-corrected chi connectivity index (χ2v) is 5.29. The van der Waals surface area contributed by atoms with Gasteiger partial charge in [0.2, 0.25) is 5.91 Å². The fourth-order valence-electron chi connectivity index (χ4n) is 1.32. The Labute approximate surface area is 107 Å². The number of carbonyl (C=O) groups is 1. The highest BCUT2D eigenvalue weighted by molar-refractivity contribution is 6.31. The first-order valence-electron chi connectivity index (χ1n) is 5.50. The summed E-state index contributed by atoms with van der Waals surface area (Å²) in [7, 11) is 0. The summed E-state index contributed by atoms with van der Waals surface area (Å²) in [4.78, 5) is 11.5. The van der Waals surface area contributed by atoms with Gasteiger partial charge >= 0.3 is 0 Å². The summed E-state index contributed by atoms with van der Waals surface area (Å²) < 4.78 is 5.31. The fourth-order valence-corrected chi connectivity index (χ4v) is 1.51. The molecule has 0 aliphatic rings. The Morgan fingerprint density at radius 3 is 2.59 bits per heavy atom. The topological polar surface area (TPSA) is 38.3 Å². The van der Waals surface area contributed by atoms with Gasteiger partial charge in [0, 0.05) is 10.6 Å². The SMILES string of the molecule is CC(C)(C)NC(=O)COCc1ccccc1Cl. The van der Waals surface area contributed by atoms with E-state index in [0.29, 0.717) is 11.6 Å². The van der Waals surface area contributed by atoms with E-state index in [0.717, 1.165) is 5.56 Å². The summed E-state index contributed by atoms with van der Waals surface area (Å²) in [6, 6.07) is 7.43. The molecule has 1 N–H and O–H groups in total. The van der Waals surface area contributed by atoms with E-state index < -0.39 is 0 Å². The number of hydrogen-bond acceptors (Lipinski definition) is 2. The molecule has 0 aromatic heterocycles. The average Bonchev–Trinajstić information content (AvgIpc) is 2.18. The summed E-state index contributed by atoms with van der Waals surface area (Å²) >= 11 is 5.97. The Morgan fingerprint density at radius 1 is 1.35 bits per heavy atom. The monoisotopic (exact) mass is 255 g/mol. The van der Waals surface area contributed by atoms with Crippen LogP contribution in [0.2, 0.25) is 5.02 Å². The van der Waals surface area contributed by atoms with Crippen molar-refractivity contribution >= 4 is 17.5 Å². The van der Waals surface area contributed by atoms with Gasteiger partial charge < -0.3 is 10.1 Å². The summed E-state index contributed by atoms with van der Waals surface area (Å²) in [6.07, 6.45) is 0. The molecule has 1 rings (SSSR count). The lowest BCUT2D eigenvalue weighted by molar-refractivity contribution is -0.127. The lowest BCUT2D eigenvalue weighted by Crippen LogP contribution is -2.42. The van der Waals surface area contributed by atoms with Gasteiger partial charge in [0.25, 0.3) is 0 Å². The molecule has 0 radical (unpaired) electrons. The van der Waals surface area contributed by atoms with E-state index in [2.05, 4.69) is 5.32 Å². The van der Waals surface area contributed by atoms with Crippen molar-refractivity contribution in [2.45, 2.75) is 32.9 Å². The van der Waals surface area contributed by atoms with Gasteiger partial charge in [-0.05, 0) is 32.4 Å². The number of amides is 1. The summed E-state index contributed by atoms with van der Waals surface area (Å²) in [5.74, 6) is -0.121. The van der Waals surface area contributed by atoms with E-state index in [1.807, 2.05) is 39.0 Å². The van der Waals surface area contributed by atoms with Crippen LogP contribution in [0.3, 0.4) is 0 Å². The predicted molar refractivity (Wildman–Crippen MR) is 69.0 cm³/mol. The number of hydrogen-bond donors (Lipinski definition) is 1. The minimum atomic E-state index is -0.231. The first kappa shape index (κ1) is 14.0. The van der Waals surface area contributed by atoms with Gasteiger partial charge in [0.05, 0.1) is 6.61 Å². The number of halogens is 1. The maximum Gasteiger partial charge on any atom is 0.246 e. The van der Waals surface area contributed by atoms with E-state index in [4.69, 9.17) is 16.3 Å². The molecular formula is C13H18ClNO2. The Kier molecular flexibility index (Phi) is 4.97. The van der Waals surface area contributed by atoms with E-state index >= 15 is 0 Å². The van der Waals surface area contributed by atoms with Gasteiger partial charge in [-0.25, -0.2) is 0 Å². The summed E-state index contributed by atoms with van der Waals surface area (Å²) in [5, 5.41) is 3.48. The Morgan fingerprint density at radius 2 is 2.00 bits per heavy atom. The van der Waals surface area contributed by atoms with Crippen molar-refractivity contribution in [2.24, 2.45) is 0 Å². The third-order valence-corrected chi connectivity index (χ3v) is 2.33. The highest BCUT2D eigenvalue weighted by Crippen LogP contribution is 2.15. The molecule has 94 valence electrons. The molecular weight excluding hydrogens is 238 g/mol. The van der Waals surface area contributed by atoms with Crippen LogP contribution in [0, 0.1) is 0 Å². The number of ether oxygens (including phenoxy) is 1. The van der Waals surface area contributed by atoms with E-state index in [9.17, 15) is 4.79 Å². The van der Waals surface area contributed by atoms with Crippen LogP contribution in [0.25, 0.3) is 0 Å². The van der Waals surface area contributed by atoms with Crippen LogP contribution in [0.5, 0.6) is 0 Å². The Bertz CT molecular complexity index is 385. The molecule has 0 unspecified atom stereocenters. The number of benzene rings is 1. The molecule has 0 bridgehead atoms. The largest absolute Gasteiger partial charge is 0.367 e. The first-order valence-corrected chi connectivity index (χ1v) is 5.88. The predicted octanol–water partition coefficient (Wildman–Crippen LogP) is 2.77. The Balaban J connectivity index is 2.34. The van der Waals surface area contributed by atoms with Crippen LogP contribution in [0.4, 0.5) is 0 Å². The minimum Gasteiger partial charge on any atom is -0.367 e. The molecule has 0 heterocycles. The highest BCUT2D eigenvalue weighted by Gasteiger charge is 2.13. The number of rotatable bonds is 4. The number of carbonyl (C=O) groups excluding carboxylic acids is 1. The van der Waals surface area contributed by atoms with Crippen LogP contribution >= 0.6 is 11.6 Å². The van der Waals surface area contributed by atoms with Crippen molar-refractivity contribution in [2.75, 3.05) is 6.61 Å². The van der Waals surface area contributed by atoms with Crippen molar-refractivity contribution in [1.29, 1.82) is 0 Å². The molecule has 17 heavy (non-hydrogen) atoms. The van der Waals surface area contributed by atoms with Gasteiger partial charge in [0.1, 0.15) is 6.61 Å². The van der Waals surface area contributed by atoms with Crippen molar-refractivity contribution in [3.8, 4) is 0 Å².